The molecule has 98 valence electrons. The van der Waals surface area contributed by atoms with E-state index in [2.05, 4.69) is 21.1 Å². The lowest BCUT2D eigenvalue weighted by molar-refractivity contribution is -0.139. The molecule has 5 heteroatoms. The van der Waals surface area contributed by atoms with Crippen LogP contribution in [0.2, 0.25) is 0 Å². The molecule has 0 aliphatic rings. The Morgan fingerprint density at radius 2 is 2.11 bits per heavy atom. The fraction of sp³-hybridized carbons (Fsp3) is 0.385. The van der Waals surface area contributed by atoms with Crippen LogP contribution in [0.1, 0.15) is 25.8 Å². The predicted molar refractivity (Wildman–Crippen MR) is 72.9 cm³/mol. The minimum atomic E-state index is -0.570. The number of rotatable bonds is 5. The van der Waals surface area contributed by atoms with Gasteiger partial charge in [0.2, 0.25) is 0 Å². The van der Waals surface area contributed by atoms with Crippen LogP contribution in [0.5, 0.6) is 0 Å². The molecule has 4 nitrogen and oxygen atoms in total. The zero-order valence-electron chi connectivity index (χ0n) is 10.4. The Bertz CT molecular complexity index is 444. The maximum Gasteiger partial charge on any atom is 0.356 e. The molecule has 0 aromatic heterocycles. The van der Waals surface area contributed by atoms with Gasteiger partial charge in [-0.25, -0.2) is 4.79 Å². The SMILES string of the molecule is CC(C)OC(=O)/C(CCc1ccccc1Br)=N\O. The van der Waals surface area contributed by atoms with E-state index in [4.69, 9.17) is 9.94 Å². The van der Waals surface area contributed by atoms with E-state index in [0.29, 0.717) is 12.8 Å². The molecule has 1 rings (SSSR count). The molecule has 0 bridgehead atoms. The molecule has 0 radical (unpaired) electrons. The fourth-order valence-electron chi connectivity index (χ4n) is 1.43. The van der Waals surface area contributed by atoms with Crippen LogP contribution >= 0.6 is 15.9 Å². The van der Waals surface area contributed by atoms with Gasteiger partial charge in [0, 0.05) is 10.9 Å². The maximum absolute atomic E-state index is 11.6. The molecule has 0 fully saturated rings. The summed E-state index contributed by atoms with van der Waals surface area (Å²) in [5, 5.41) is 11.8. The maximum atomic E-state index is 11.6. The molecule has 1 aromatic rings. The average molecular weight is 314 g/mol. The van der Waals surface area contributed by atoms with Crippen molar-refractivity contribution in [2.45, 2.75) is 32.8 Å². The van der Waals surface area contributed by atoms with Crippen molar-refractivity contribution in [2.24, 2.45) is 5.16 Å². The molecule has 1 N–H and O–H groups in total. The highest BCUT2D eigenvalue weighted by Crippen LogP contribution is 2.17. The van der Waals surface area contributed by atoms with Gasteiger partial charge in [-0.05, 0) is 31.9 Å². The Kier molecular flexibility index (Phi) is 5.85. The van der Waals surface area contributed by atoms with Crippen LogP contribution in [0.25, 0.3) is 0 Å². The molecule has 0 aliphatic carbocycles. The quantitative estimate of drug-likeness (QED) is 0.393. The van der Waals surface area contributed by atoms with Crippen LogP contribution in [-0.2, 0) is 16.0 Å². The van der Waals surface area contributed by atoms with Crippen LogP contribution < -0.4 is 0 Å². The van der Waals surface area contributed by atoms with Crippen molar-refractivity contribution >= 4 is 27.6 Å². The molecule has 0 unspecified atom stereocenters. The highest BCUT2D eigenvalue weighted by atomic mass is 79.9. The topological polar surface area (TPSA) is 58.9 Å². The number of esters is 1. The number of ether oxygens (including phenoxy) is 1. The first-order valence-corrected chi connectivity index (χ1v) is 6.49. The van der Waals surface area contributed by atoms with Gasteiger partial charge >= 0.3 is 5.97 Å². The molecule has 0 atom stereocenters. The summed E-state index contributed by atoms with van der Waals surface area (Å²) in [5.74, 6) is -0.570. The van der Waals surface area contributed by atoms with Crippen LogP contribution in [0, 0.1) is 0 Å². The van der Waals surface area contributed by atoms with Gasteiger partial charge in [0.15, 0.2) is 5.71 Å². The van der Waals surface area contributed by atoms with Gasteiger partial charge < -0.3 is 9.94 Å². The summed E-state index contributed by atoms with van der Waals surface area (Å²) >= 11 is 3.43. The van der Waals surface area contributed by atoms with Crippen LogP contribution in [0.3, 0.4) is 0 Å². The van der Waals surface area contributed by atoms with Crippen molar-refractivity contribution in [3.8, 4) is 0 Å². The van der Waals surface area contributed by atoms with Gasteiger partial charge in [0.25, 0.3) is 0 Å². The summed E-state index contributed by atoms with van der Waals surface area (Å²) < 4.78 is 5.95. The first kappa shape index (κ1) is 14.7. The third-order valence-electron chi connectivity index (χ3n) is 2.29. The number of hydrogen-bond acceptors (Lipinski definition) is 4. The van der Waals surface area contributed by atoms with Crippen LogP contribution in [0.15, 0.2) is 33.9 Å². The standard InChI is InChI=1S/C13H16BrNO3/c1-9(2)18-13(16)12(15-17)8-7-10-5-3-4-6-11(10)14/h3-6,9,17H,7-8H2,1-2H3/b15-12-. The Hall–Kier alpha value is -1.36. The molecule has 0 spiro atoms. The van der Waals surface area contributed by atoms with Crippen molar-refractivity contribution < 1.29 is 14.7 Å². The average Bonchev–Trinajstić information content (AvgIpc) is 2.31. The summed E-state index contributed by atoms with van der Waals surface area (Å²) in [4.78, 5) is 11.6. The van der Waals surface area contributed by atoms with Gasteiger partial charge in [0.1, 0.15) is 0 Å². The third-order valence-corrected chi connectivity index (χ3v) is 3.06. The number of halogens is 1. The Labute approximate surface area is 115 Å². The highest BCUT2D eigenvalue weighted by molar-refractivity contribution is 9.10. The van der Waals surface area contributed by atoms with Gasteiger partial charge in [0.05, 0.1) is 6.10 Å². The smallest absolute Gasteiger partial charge is 0.356 e. The van der Waals surface area contributed by atoms with Gasteiger partial charge in [-0.15, -0.1) is 0 Å². The number of carbonyl (C=O) groups excluding carboxylic acids is 1. The third kappa shape index (κ3) is 4.49. The number of oxime groups is 1. The lowest BCUT2D eigenvalue weighted by Gasteiger charge is -2.09. The number of hydrogen-bond donors (Lipinski definition) is 1. The first-order valence-electron chi connectivity index (χ1n) is 5.70. The molecular weight excluding hydrogens is 298 g/mol. The number of aryl methyl sites for hydroxylation is 1. The van der Waals surface area contributed by atoms with Crippen molar-refractivity contribution in [2.75, 3.05) is 0 Å². The summed E-state index contributed by atoms with van der Waals surface area (Å²) in [7, 11) is 0. The predicted octanol–water partition coefficient (Wildman–Crippen LogP) is 3.16. The second-order valence-corrected chi connectivity index (χ2v) is 4.95. The highest BCUT2D eigenvalue weighted by Gasteiger charge is 2.15. The normalized spacial score (nSPS) is 11.7. The van der Waals surface area contributed by atoms with Gasteiger partial charge in [-0.2, -0.15) is 0 Å². The van der Waals surface area contributed by atoms with Crippen LogP contribution in [0.4, 0.5) is 0 Å². The molecule has 1 aromatic carbocycles. The minimum Gasteiger partial charge on any atom is -0.458 e. The molecule has 0 heterocycles. The van der Waals surface area contributed by atoms with Crippen molar-refractivity contribution in [3.63, 3.8) is 0 Å². The van der Waals surface area contributed by atoms with E-state index < -0.39 is 5.97 Å². The summed E-state index contributed by atoms with van der Waals surface area (Å²) in [6.07, 6.45) is 0.719. The summed E-state index contributed by atoms with van der Waals surface area (Å²) in [5.41, 5.74) is 1.09. The van der Waals surface area contributed by atoms with Crippen molar-refractivity contribution in [1.82, 2.24) is 0 Å². The number of benzene rings is 1. The van der Waals surface area contributed by atoms with E-state index in [1.54, 1.807) is 13.8 Å². The number of carbonyl (C=O) groups is 1. The fourth-order valence-corrected chi connectivity index (χ4v) is 1.91. The molecule has 0 saturated carbocycles. The molecule has 0 aliphatic heterocycles. The van der Waals surface area contributed by atoms with E-state index in [-0.39, 0.29) is 11.8 Å². The van der Waals surface area contributed by atoms with Gasteiger partial charge in [-0.1, -0.05) is 39.3 Å². The molecule has 18 heavy (non-hydrogen) atoms. The summed E-state index contributed by atoms with van der Waals surface area (Å²) in [6.45, 7) is 3.50. The van der Waals surface area contributed by atoms with Crippen LogP contribution in [-0.4, -0.2) is 23.0 Å². The van der Waals surface area contributed by atoms with Crippen molar-refractivity contribution in [1.29, 1.82) is 0 Å². The van der Waals surface area contributed by atoms with E-state index in [1.165, 1.54) is 0 Å². The largest absolute Gasteiger partial charge is 0.458 e. The van der Waals surface area contributed by atoms with E-state index >= 15 is 0 Å². The minimum absolute atomic E-state index is 0.0412. The van der Waals surface area contributed by atoms with E-state index in [1.807, 2.05) is 24.3 Å². The number of nitrogens with zero attached hydrogens (tertiary/aromatic N) is 1. The molecule has 0 amide bonds. The van der Waals surface area contributed by atoms with E-state index in [9.17, 15) is 4.79 Å². The Morgan fingerprint density at radius 3 is 2.67 bits per heavy atom. The van der Waals surface area contributed by atoms with Gasteiger partial charge in [-0.3, -0.25) is 0 Å². The van der Waals surface area contributed by atoms with Crippen molar-refractivity contribution in [3.05, 3.63) is 34.3 Å². The second-order valence-electron chi connectivity index (χ2n) is 4.09. The lowest BCUT2D eigenvalue weighted by Crippen LogP contribution is -2.21. The lowest BCUT2D eigenvalue weighted by atomic mass is 10.1. The Balaban J connectivity index is 2.61. The molecular formula is C13H16BrNO3. The Morgan fingerprint density at radius 1 is 1.44 bits per heavy atom. The second kappa shape index (κ2) is 7.16. The summed E-state index contributed by atoms with van der Waals surface area (Å²) in [6, 6.07) is 7.72. The molecule has 0 saturated heterocycles. The zero-order valence-corrected chi connectivity index (χ0v) is 12.0. The first-order chi connectivity index (χ1) is 8.54. The zero-order chi connectivity index (χ0) is 13.5. The monoisotopic (exact) mass is 313 g/mol. The van der Waals surface area contributed by atoms with E-state index in [0.717, 1.165) is 10.0 Å².